The van der Waals surface area contributed by atoms with Crippen LogP contribution in [-0.4, -0.2) is 29.3 Å². The maximum absolute atomic E-state index is 14.3. The highest BCUT2D eigenvalue weighted by Gasteiger charge is 2.17. The van der Waals surface area contributed by atoms with E-state index >= 15 is 0 Å². The van der Waals surface area contributed by atoms with Gasteiger partial charge in [0.25, 0.3) is 0 Å². The maximum atomic E-state index is 14.3. The van der Waals surface area contributed by atoms with E-state index in [1.54, 1.807) is 7.05 Å². The number of unbranched alkanes of at least 4 members (excludes halogenated alkanes) is 2. The van der Waals surface area contributed by atoms with E-state index < -0.39 is 17.6 Å². The normalized spacial score (nSPS) is 10.5. The summed E-state index contributed by atoms with van der Waals surface area (Å²) in [6, 6.07) is 9.42. The van der Waals surface area contributed by atoms with Gasteiger partial charge in [0.15, 0.2) is 11.6 Å². The number of nitrogens with zero attached hydrogens (tertiary/aromatic N) is 3. The average molecular weight is 347 g/mol. The Morgan fingerprint density at radius 1 is 1.28 bits per heavy atom. The maximum Gasteiger partial charge on any atom is 0.422 e. The number of hydrogen-bond acceptors (Lipinski definition) is 5. The highest BCUT2D eigenvalue weighted by Crippen LogP contribution is 2.15. The molecule has 0 unspecified atom stereocenters. The van der Waals surface area contributed by atoms with E-state index in [-0.39, 0.29) is 12.4 Å². The Bertz CT molecular complexity index is 762. The van der Waals surface area contributed by atoms with Crippen LogP contribution in [-0.2, 0) is 11.3 Å². The lowest BCUT2D eigenvalue weighted by atomic mass is 10.2. The number of anilines is 1. The molecule has 1 aromatic heterocycles. The molecule has 0 spiro atoms. The van der Waals surface area contributed by atoms with Crippen LogP contribution in [0.4, 0.5) is 15.0 Å². The summed E-state index contributed by atoms with van der Waals surface area (Å²) in [7, 11) is 1.63. The van der Waals surface area contributed by atoms with Gasteiger partial charge >= 0.3 is 11.8 Å². The molecular weight excluding hydrogens is 325 g/mol. The minimum Gasteiger partial charge on any atom is -0.449 e. The molecule has 6 nitrogen and oxygen atoms in total. The summed E-state index contributed by atoms with van der Waals surface area (Å²) in [5, 5.41) is 0. The number of carbonyl (C=O) groups excluding carboxylic acids is 1. The van der Waals surface area contributed by atoms with Crippen LogP contribution in [0.3, 0.4) is 0 Å². The van der Waals surface area contributed by atoms with Crippen molar-refractivity contribution in [3.05, 3.63) is 58.4 Å². The van der Waals surface area contributed by atoms with Crippen molar-refractivity contribution in [3.8, 4) is 0 Å². The molecule has 134 valence electrons. The standard InChI is InChI=1S/C18H22FN3O3/c1-3-4-8-11-25-18(24)22-13-15(19)16(20-17(22)23)21(2)12-14-9-6-5-7-10-14/h5-7,9-10,13H,3-4,8,11-12H2,1-2H3. The van der Waals surface area contributed by atoms with E-state index in [2.05, 4.69) is 4.98 Å². The van der Waals surface area contributed by atoms with Gasteiger partial charge in [-0.1, -0.05) is 50.1 Å². The van der Waals surface area contributed by atoms with Crippen LogP contribution in [0.15, 0.2) is 41.3 Å². The number of benzene rings is 1. The topological polar surface area (TPSA) is 64.4 Å². The highest BCUT2D eigenvalue weighted by atomic mass is 19.1. The quantitative estimate of drug-likeness (QED) is 0.720. The predicted molar refractivity (Wildman–Crippen MR) is 93.3 cm³/mol. The summed E-state index contributed by atoms with van der Waals surface area (Å²) in [5.41, 5.74) is 0.0857. The zero-order valence-electron chi connectivity index (χ0n) is 14.4. The monoisotopic (exact) mass is 347 g/mol. The molecule has 0 atom stereocenters. The summed E-state index contributed by atoms with van der Waals surface area (Å²) in [4.78, 5) is 29.1. The van der Waals surface area contributed by atoms with Crippen molar-refractivity contribution in [1.82, 2.24) is 9.55 Å². The van der Waals surface area contributed by atoms with Gasteiger partial charge in [-0.2, -0.15) is 9.55 Å². The molecular formula is C18H22FN3O3. The molecule has 25 heavy (non-hydrogen) atoms. The third-order valence-electron chi connectivity index (χ3n) is 3.66. The fourth-order valence-corrected chi connectivity index (χ4v) is 2.34. The first-order valence-electron chi connectivity index (χ1n) is 8.24. The fourth-order valence-electron chi connectivity index (χ4n) is 2.34. The van der Waals surface area contributed by atoms with Crippen LogP contribution < -0.4 is 10.6 Å². The van der Waals surface area contributed by atoms with Gasteiger partial charge in [0.2, 0.25) is 0 Å². The van der Waals surface area contributed by atoms with E-state index in [1.165, 1.54) is 4.90 Å². The van der Waals surface area contributed by atoms with Gasteiger partial charge in [0, 0.05) is 13.6 Å². The molecule has 1 heterocycles. The zero-order chi connectivity index (χ0) is 18.2. The summed E-state index contributed by atoms with van der Waals surface area (Å²) in [6.07, 6.45) is 2.51. The Balaban J connectivity index is 2.11. The van der Waals surface area contributed by atoms with Gasteiger partial charge in [-0.3, -0.25) is 0 Å². The Morgan fingerprint density at radius 3 is 2.68 bits per heavy atom. The third kappa shape index (κ3) is 5.14. The molecule has 0 aliphatic heterocycles. The van der Waals surface area contributed by atoms with E-state index in [4.69, 9.17) is 4.74 Å². The predicted octanol–water partition coefficient (Wildman–Crippen LogP) is 3.19. The lowest BCUT2D eigenvalue weighted by molar-refractivity contribution is 0.144. The number of aromatic nitrogens is 2. The van der Waals surface area contributed by atoms with Crippen LogP contribution in [0.2, 0.25) is 0 Å². The second kappa shape index (κ2) is 8.96. The Kier molecular flexibility index (Phi) is 6.68. The van der Waals surface area contributed by atoms with Gasteiger partial charge in [0.05, 0.1) is 12.8 Å². The summed E-state index contributed by atoms with van der Waals surface area (Å²) < 4.78 is 19.8. The molecule has 0 radical (unpaired) electrons. The Morgan fingerprint density at radius 2 is 2.00 bits per heavy atom. The molecule has 0 bridgehead atoms. The number of hydrogen-bond donors (Lipinski definition) is 0. The molecule has 2 rings (SSSR count). The van der Waals surface area contributed by atoms with Crippen LogP contribution in [0, 0.1) is 5.82 Å². The van der Waals surface area contributed by atoms with Crippen molar-refractivity contribution in [2.45, 2.75) is 32.7 Å². The molecule has 0 aliphatic rings. The van der Waals surface area contributed by atoms with Crippen molar-refractivity contribution in [1.29, 1.82) is 0 Å². The molecule has 1 aromatic carbocycles. The van der Waals surface area contributed by atoms with Gasteiger partial charge < -0.3 is 9.64 Å². The zero-order valence-corrected chi connectivity index (χ0v) is 14.4. The molecule has 0 amide bonds. The lowest BCUT2D eigenvalue weighted by Crippen LogP contribution is -2.33. The number of rotatable bonds is 7. The molecule has 2 aromatic rings. The molecule has 0 aliphatic carbocycles. The first-order valence-corrected chi connectivity index (χ1v) is 8.24. The summed E-state index contributed by atoms with van der Waals surface area (Å²) in [5.74, 6) is -0.868. The SMILES string of the molecule is CCCCCOC(=O)n1cc(F)c(N(C)Cc2ccccc2)nc1=O. The van der Waals surface area contributed by atoms with Gasteiger partial charge in [-0.25, -0.2) is 14.0 Å². The fraction of sp³-hybridized carbons (Fsp3) is 0.389. The average Bonchev–Trinajstić information content (AvgIpc) is 2.61. The highest BCUT2D eigenvalue weighted by molar-refractivity contribution is 5.70. The molecule has 0 saturated carbocycles. The van der Waals surface area contributed by atoms with E-state index in [0.717, 1.165) is 24.6 Å². The van der Waals surface area contributed by atoms with Crippen molar-refractivity contribution in [2.75, 3.05) is 18.6 Å². The first kappa shape index (κ1) is 18.6. The van der Waals surface area contributed by atoms with Crippen molar-refractivity contribution in [2.24, 2.45) is 0 Å². The summed E-state index contributed by atoms with van der Waals surface area (Å²) >= 11 is 0. The second-order valence-corrected chi connectivity index (χ2v) is 5.73. The van der Waals surface area contributed by atoms with Crippen molar-refractivity contribution in [3.63, 3.8) is 0 Å². The van der Waals surface area contributed by atoms with Crippen LogP contribution >= 0.6 is 0 Å². The molecule has 0 saturated heterocycles. The lowest BCUT2D eigenvalue weighted by Gasteiger charge is -2.19. The number of ether oxygens (including phenoxy) is 1. The van der Waals surface area contributed by atoms with Crippen LogP contribution in [0.25, 0.3) is 0 Å². The van der Waals surface area contributed by atoms with E-state index in [1.807, 2.05) is 37.3 Å². The minimum absolute atomic E-state index is 0.108. The van der Waals surface area contributed by atoms with Crippen LogP contribution in [0.5, 0.6) is 0 Å². The van der Waals surface area contributed by atoms with Gasteiger partial charge in [-0.15, -0.1) is 0 Å². The first-order chi connectivity index (χ1) is 12.0. The van der Waals surface area contributed by atoms with E-state index in [9.17, 15) is 14.0 Å². The largest absolute Gasteiger partial charge is 0.449 e. The van der Waals surface area contributed by atoms with Crippen molar-refractivity contribution >= 4 is 11.9 Å². The second-order valence-electron chi connectivity index (χ2n) is 5.73. The van der Waals surface area contributed by atoms with Gasteiger partial charge in [0.1, 0.15) is 0 Å². The molecule has 0 fully saturated rings. The van der Waals surface area contributed by atoms with Crippen molar-refractivity contribution < 1.29 is 13.9 Å². The Labute approximate surface area is 145 Å². The minimum atomic E-state index is -0.912. The van der Waals surface area contributed by atoms with Crippen LogP contribution in [0.1, 0.15) is 31.7 Å². The number of carbonyl (C=O) groups is 1. The molecule has 0 N–H and O–H groups in total. The number of halogens is 1. The third-order valence-corrected chi connectivity index (χ3v) is 3.66. The molecule has 7 heteroatoms. The van der Waals surface area contributed by atoms with Gasteiger partial charge in [-0.05, 0) is 12.0 Å². The van der Waals surface area contributed by atoms with E-state index in [0.29, 0.717) is 17.5 Å². The smallest absolute Gasteiger partial charge is 0.422 e. The Hall–Kier alpha value is -2.70. The summed E-state index contributed by atoms with van der Waals surface area (Å²) in [6.45, 7) is 2.60.